The Morgan fingerprint density at radius 1 is 1.36 bits per heavy atom. The molecule has 0 saturated heterocycles. The molecule has 148 valence electrons. The lowest BCUT2D eigenvalue weighted by Gasteiger charge is -2.32. The van der Waals surface area contributed by atoms with Crippen LogP contribution in [0.25, 0.3) is 0 Å². The lowest BCUT2D eigenvalue weighted by atomic mass is 9.89. The Bertz CT molecular complexity index is 891. The minimum Gasteiger partial charge on any atom is -0.433 e. The van der Waals surface area contributed by atoms with Gasteiger partial charge >= 0.3 is 6.61 Å². The second kappa shape index (κ2) is 8.30. The molecule has 0 fully saturated rings. The van der Waals surface area contributed by atoms with E-state index in [0.717, 1.165) is 17.3 Å². The smallest absolute Gasteiger partial charge is 0.387 e. The van der Waals surface area contributed by atoms with E-state index in [1.54, 1.807) is 12.1 Å². The van der Waals surface area contributed by atoms with Gasteiger partial charge in [0.25, 0.3) is 5.91 Å². The van der Waals surface area contributed by atoms with Crippen molar-refractivity contribution in [2.75, 3.05) is 18.4 Å². The second-order valence-corrected chi connectivity index (χ2v) is 6.69. The minimum absolute atomic E-state index is 0.144. The molecule has 3 N–H and O–H groups in total. The van der Waals surface area contributed by atoms with E-state index >= 15 is 0 Å². The summed E-state index contributed by atoms with van der Waals surface area (Å²) in [5.41, 5.74) is 8.00. The van der Waals surface area contributed by atoms with E-state index in [4.69, 9.17) is 5.73 Å². The number of rotatable bonds is 6. The fourth-order valence-electron chi connectivity index (χ4n) is 3.35. The summed E-state index contributed by atoms with van der Waals surface area (Å²) in [6, 6.07) is 6.64. The molecule has 0 saturated carbocycles. The van der Waals surface area contributed by atoms with Gasteiger partial charge in [0.05, 0.1) is 24.6 Å². The average Bonchev–Trinajstić information content (AvgIpc) is 2.60. The molecule has 0 unspecified atom stereocenters. The van der Waals surface area contributed by atoms with Gasteiger partial charge in [0.15, 0.2) is 0 Å². The fourth-order valence-corrected chi connectivity index (χ4v) is 3.35. The van der Waals surface area contributed by atoms with Crippen molar-refractivity contribution in [2.24, 2.45) is 5.73 Å². The lowest BCUT2D eigenvalue weighted by molar-refractivity contribution is -0.119. The summed E-state index contributed by atoms with van der Waals surface area (Å²) in [7, 11) is 0. The van der Waals surface area contributed by atoms with Gasteiger partial charge in [0, 0.05) is 24.7 Å². The summed E-state index contributed by atoms with van der Waals surface area (Å²) >= 11 is 0. The third-order valence-electron chi connectivity index (χ3n) is 4.44. The van der Waals surface area contributed by atoms with Gasteiger partial charge in [-0.2, -0.15) is 8.78 Å². The van der Waals surface area contributed by atoms with E-state index in [0.29, 0.717) is 18.7 Å². The zero-order chi connectivity index (χ0) is 20.3. The van der Waals surface area contributed by atoms with Crippen molar-refractivity contribution >= 4 is 17.5 Å². The minimum atomic E-state index is -2.97. The topological polar surface area (TPSA) is 97.5 Å². The van der Waals surface area contributed by atoms with Crippen LogP contribution in [-0.2, 0) is 11.3 Å². The highest BCUT2D eigenvalue weighted by Gasteiger charge is 2.24. The van der Waals surface area contributed by atoms with Crippen LogP contribution in [-0.4, -0.2) is 41.4 Å². The molecule has 28 heavy (non-hydrogen) atoms. The molecule has 1 aliphatic heterocycles. The Balaban J connectivity index is 1.76. The number of ether oxygens (including phenoxy) is 1. The molecular formula is C19H20F2N4O3. The number of anilines is 1. The van der Waals surface area contributed by atoms with Gasteiger partial charge in [0.2, 0.25) is 5.91 Å². The first kappa shape index (κ1) is 19.7. The maximum Gasteiger partial charge on any atom is 0.387 e. The zero-order valence-corrected chi connectivity index (χ0v) is 15.2. The van der Waals surface area contributed by atoms with Crippen LogP contribution in [0.5, 0.6) is 5.75 Å². The number of aromatic nitrogens is 1. The normalized spacial score (nSPS) is 16.5. The molecule has 0 aliphatic carbocycles. The summed E-state index contributed by atoms with van der Waals surface area (Å²) < 4.78 is 28.9. The molecule has 2 aromatic rings. The van der Waals surface area contributed by atoms with Crippen molar-refractivity contribution in [2.45, 2.75) is 26.0 Å². The highest BCUT2D eigenvalue weighted by molar-refractivity contribution is 6.04. The number of pyridine rings is 1. The Morgan fingerprint density at radius 2 is 2.14 bits per heavy atom. The maximum atomic E-state index is 12.6. The van der Waals surface area contributed by atoms with Gasteiger partial charge in [-0.3, -0.25) is 19.5 Å². The number of carbonyl (C=O) groups excluding carboxylic acids is 2. The molecule has 9 heteroatoms. The van der Waals surface area contributed by atoms with E-state index in [-0.39, 0.29) is 23.9 Å². The van der Waals surface area contributed by atoms with Crippen LogP contribution in [0.4, 0.5) is 14.5 Å². The molecule has 7 nitrogen and oxygen atoms in total. The molecule has 1 aromatic heterocycles. The summed E-state index contributed by atoms with van der Waals surface area (Å²) in [5.74, 6) is -0.747. The van der Waals surface area contributed by atoms with E-state index < -0.39 is 18.4 Å². The van der Waals surface area contributed by atoms with E-state index in [1.165, 1.54) is 12.3 Å². The Hall–Kier alpha value is -3.07. The van der Waals surface area contributed by atoms with Gasteiger partial charge in [-0.15, -0.1) is 0 Å². The van der Waals surface area contributed by atoms with Crippen LogP contribution >= 0.6 is 0 Å². The number of benzene rings is 1. The van der Waals surface area contributed by atoms with Crippen molar-refractivity contribution in [1.29, 1.82) is 0 Å². The first-order valence-corrected chi connectivity index (χ1v) is 8.66. The third-order valence-corrected chi connectivity index (χ3v) is 4.44. The van der Waals surface area contributed by atoms with E-state index in [2.05, 4.69) is 15.0 Å². The van der Waals surface area contributed by atoms with Crippen LogP contribution in [0.15, 0.2) is 36.7 Å². The van der Waals surface area contributed by atoms with E-state index in [9.17, 15) is 18.4 Å². The number of halogens is 2. The molecule has 1 aromatic carbocycles. The average molecular weight is 390 g/mol. The standard InChI is InChI=1S/C19H20F2N4O3/c1-11-8-25(10-17(22)26)9-13-4-12(2-3-16(11)13)18(27)24-14-5-15(7-23-6-14)28-19(20)21/h2-7,11,19H,8-10H2,1H3,(H2,22,26)(H,24,27)/t11-/m0/s1. The number of primary amides is 1. The number of nitrogens with two attached hydrogens (primary N) is 1. The highest BCUT2D eigenvalue weighted by Crippen LogP contribution is 2.29. The molecule has 1 aliphatic rings. The second-order valence-electron chi connectivity index (χ2n) is 6.69. The zero-order valence-electron chi connectivity index (χ0n) is 15.2. The summed E-state index contributed by atoms with van der Waals surface area (Å²) in [6.45, 7) is 0.459. The summed E-state index contributed by atoms with van der Waals surface area (Å²) in [6.07, 6.45) is 2.47. The number of alkyl halides is 2. The quantitative estimate of drug-likeness (QED) is 0.789. The van der Waals surface area contributed by atoms with Crippen molar-refractivity contribution in [1.82, 2.24) is 9.88 Å². The predicted molar refractivity (Wildman–Crippen MR) is 98.2 cm³/mol. The first-order valence-electron chi connectivity index (χ1n) is 8.66. The first-order chi connectivity index (χ1) is 13.3. The number of carbonyl (C=O) groups is 2. The largest absolute Gasteiger partial charge is 0.433 e. The molecule has 2 amide bonds. The van der Waals surface area contributed by atoms with Gasteiger partial charge in [-0.25, -0.2) is 0 Å². The SMILES string of the molecule is C[C@H]1CN(CC(N)=O)Cc2cc(C(=O)Nc3cncc(OC(F)F)c3)ccc21. The number of hydrogen-bond donors (Lipinski definition) is 2. The van der Waals surface area contributed by atoms with Crippen molar-refractivity contribution in [3.63, 3.8) is 0 Å². The molecule has 3 rings (SSSR count). The fraction of sp³-hybridized carbons (Fsp3) is 0.316. The lowest BCUT2D eigenvalue weighted by Crippen LogP contribution is -2.38. The van der Waals surface area contributed by atoms with Gasteiger partial charge < -0.3 is 15.8 Å². The van der Waals surface area contributed by atoms with Crippen LogP contribution in [0.3, 0.4) is 0 Å². The van der Waals surface area contributed by atoms with Crippen molar-refractivity contribution in [3.05, 3.63) is 53.3 Å². The van der Waals surface area contributed by atoms with Crippen molar-refractivity contribution in [3.8, 4) is 5.75 Å². The number of nitrogens with one attached hydrogen (secondary N) is 1. The molecule has 0 spiro atoms. The van der Waals surface area contributed by atoms with Gasteiger partial charge in [0.1, 0.15) is 5.75 Å². The molecule has 0 radical (unpaired) electrons. The van der Waals surface area contributed by atoms with E-state index in [1.807, 2.05) is 17.9 Å². The Kier molecular flexibility index (Phi) is 5.84. The van der Waals surface area contributed by atoms with Crippen LogP contribution < -0.4 is 15.8 Å². The molecular weight excluding hydrogens is 370 g/mol. The monoisotopic (exact) mass is 390 g/mol. The van der Waals surface area contributed by atoms with Gasteiger partial charge in [-0.1, -0.05) is 13.0 Å². The van der Waals surface area contributed by atoms with Crippen LogP contribution in [0, 0.1) is 0 Å². The molecule has 2 heterocycles. The Morgan fingerprint density at radius 3 is 2.86 bits per heavy atom. The van der Waals surface area contributed by atoms with Gasteiger partial charge in [-0.05, 0) is 29.2 Å². The number of amides is 2. The van der Waals surface area contributed by atoms with Crippen LogP contribution in [0.1, 0.15) is 34.3 Å². The number of fused-ring (bicyclic) bond motifs is 1. The summed E-state index contributed by atoms with van der Waals surface area (Å²) in [5, 5.41) is 2.62. The Labute approximate surface area is 160 Å². The maximum absolute atomic E-state index is 12.6. The van der Waals surface area contributed by atoms with Crippen LogP contribution in [0.2, 0.25) is 0 Å². The molecule has 1 atom stereocenters. The predicted octanol–water partition coefficient (Wildman–Crippen LogP) is 2.34. The number of nitrogens with zero attached hydrogens (tertiary/aromatic N) is 2. The van der Waals surface area contributed by atoms with Crippen molar-refractivity contribution < 1.29 is 23.1 Å². The third kappa shape index (κ3) is 4.80. The molecule has 0 bridgehead atoms. The highest BCUT2D eigenvalue weighted by atomic mass is 19.3. The summed E-state index contributed by atoms with van der Waals surface area (Å²) in [4.78, 5) is 29.5. The number of hydrogen-bond acceptors (Lipinski definition) is 5.